The van der Waals surface area contributed by atoms with Crippen LogP contribution < -0.4 is 5.73 Å². The Bertz CT molecular complexity index is 649. The highest BCUT2D eigenvalue weighted by Crippen LogP contribution is 2.22. The van der Waals surface area contributed by atoms with Gasteiger partial charge in [0.05, 0.1) is 12.2 Å². The lowest BCUT2D eigenvalue weighted by atomic mass is 10.1. The normalized spacial score (nSPS) is 10.8. The summed E-state index contributed by atoms with van der Waals surface area (Å²) in [7, 11) is 0. The Hall–Kier alpha value is -2.66. The predicted octanol–water partition coefficient (Wildman–Crippen LogP) is 1.99. The van der Waals surface area contributed by atoms with Gasteiger partial charge in [0.25, 0.3) is 0 Å². The molecular formula is C15H14N2O3. The summed E-state index contributed by atoms with van der Waals surface area (Å²) >= 11 is 0. The average Bonchev–Trinajstić information content (AvgIpc) is 2.46. The van der Waals surface area contributed by atoms with E-state index in [0.717, 1.165) is 0 Å². The SMILES string of the molecule is NCC(=O)c1ccc(N=Cc2ccc(O)cc2O)cc1. The zero-order valence-electron chi connectivity index (χ0n) is 10.7. The summed E-state index contributed by atoms with van der Waals surface area (Å²) in [5, 5.41) is 18.8. The van der Waals surface area contributed by atoms with E-state index >= 15 is 0 Å². The summed E-state index contributed by atoms with van der Waals surface area (Å²) in [6.07, 6.45) is 1.48. The monoisotopic (exact) mass is 270 g/mol. The van der Waals surface area contributed by atoms with Gasteiger partial charge in [-0.1, -0.05) is 0 Å². The van der Waals surface area contributed by atoms with Crippen molar-refractivity contribution in [2.75, 3.05) is 6.54 Å². The molecule has 4 N–H and O–H groups in total. The third-order valence-electron chi connectivity index (χ3n) is 2.74. The van der Waals surface area contributed by atoms with Crippen molar-refractivity contribution in [2.45, 2.75) is 0 Å². The van der Waals surface area contributed by atoms with Crippen molar-refractivity contribution >= 4 is 17.7 Å². The second kappa shape index (κ2) is 5.99. The van der Waals surface area contributed by atoms with Gasteiger partial charge in [-0.3, -0.25) is 9.79 Å². The largest absolute Gasteiger partial charge is 0.508 e. The number of rotatable bonds is 4. The molecule has 0 fully saturated rings. The summed E-state index contributed by atoms with van der Waals surface area (Å²) in [5.41, 5.74) is 6.95. The van der Waals surface area contributed by atoms with E-state index in [4.69, 9.17) is 5.73 Å². The maximum absolute atomic E-state index is 11.4. The van der Waals surface area contributed by atoms with E-state index in [0.29, 0.717) is 16.8 Å². The molecule has 0 aliphatic carbocycles. The van der Waals surface area contributed by atoms with Crippen molar-refractivity contribution in [3.8, 4) is 11.5 Å². The lowest BCUT2D eigenvalue weighted by Gasteiger charge is -2.00. The summed E-state index contributed by atoms with van der Waals surface area (Å²) in [5.74, 6) is -0.190. The maximum Gasteiger partial charge on any atom is 0.176 e. The van der Waals surface area contributed by atoms with Gasteiger partial charge in [0.15, 0.2) is 5.78 Å². The van der Waals surface area contributed by atoms with Crippen LogP contribution in [0.15, 0.2) is 47.5 Å². The van der Waals surface area contributed by atoms with Crippen LogP contribution in [0.5, 0.6) is 11.5 Å². The highest BCUT2D eigenvalue weighted by Gasteiger charge is 2.02. The summed E-state index contributed by atoms with van der Waals surface area (Å²) in [6.45, 7) is -0.0238. The fourth-order valence-electron chi connectivity index (χ4n) is 1.64. The Labute approximate surface area is 116 Å². The van der Waals surface area contributed by atoms with Crippen LogP contribution in [0.3, 0.4) is 0 Å². The van der Waals surface area contributed by atoms with Crippen LogP contribution in [0.1, 0.15) is 15.9 Å². The number of nitrogens with two attached hydrogens (primary N) is 1. The van der Waals surface area contributed by atoms with Gasteiger partial charge < -0.3 is 15.9 Å². The number of aromatic hydroxyl groups is 2. The summed E-state index contributed by atoms with van der Waals surface area (Å²) < 4.78 is 0. The van der Waals surface area contributed by atoms with E-state index in [1.807, 2.05) is 0 Å². The highest BCUT2D eigenvalue weighted by molar-refractivity contribution is 5.97. The van der Waals surface area contributed by atoms with Gasteiger partial charge in [-0.25, -0.2) is 0 Å². The van der Waals surface area contributed by atoms with Gasteiger partial charge >= 0.3 is 0 Å². The number of phenols is 2. The van der Waals surface area contributed by atoms with Crippen LogP contribution in [0.2, 0.25) is 0 Å². The van der Waals surface area contributed by atoms with Crippen molar-refractivity contribution in [1.29, 1.82) is 0 Å². The van der Waals surface area contributed by atoms with E-state index < -0.39 is 0 Å². The molecule has 20 heavy (non-hydrogen) atoms. The number of nitrogens with zero attached hydrogens (tertiary/aromatic N) is 1. The second-order valence-corrected chi connectivity index (χ2v) is 4.18. The third-order valence-corrected chi connectivity index (χ3v) is 2.74. The van der Waals surface area contributed by atoms with Crippen molar-refractivity contribution in [3.63, 3.8) is 0 Å². The van der Waals surface area contributed by atoms with Crippen LogP contribution in [0.25, 0.3) is 0 Å². The zero-order valence-corrected chi connectivity index (χ0v) is 10.7. The molecule has 0 radical (unpaired) electrons. The number of carbonyl (C=O) groups is 1. The topological polar surface area (TPSA) is 95.9 Å². The van der Waals surface area contributed by atoms with Gasteiger partial charge in [0.2, 0.25) is 0 Å². The van der Waals surface area contributed by atoms with E-state index in [-0.39, 0.29) is 23.8 Å². The Morgan fingerprint density at radius 1 is 1.15 bits per heavy atom. The number of ketones is 1. The van der Waals surface area contributed by atoms with E-state index in [9.17, 15) is 15.0 Å². The molecule has 0 bridgehead atoms. The molecule has 2 aromatic carbocycles. The van der Waals surface area contributed by atoms with Gasteiger partial charge in [-0.05, 0) is 36.4 Å². The van der Waals surface area contributed by atoms with Crippen LogP contribution in [0, 0.1) is 0 Å². The summed E-state index contributed by atoms with van der Waals surface area (Å²) in [6, 6.07) is 10.9. The molecule has 0 heterocycles. The molecule has 0 atom stereocenters. The zero-order chi connectivity index (χ0) is 14.5. The van der Waals surface area contributed by atoms with Gasteiger partial charge in [0, 0.05) is 23.4 Å². The first-order valence-electron chi connectivity index (χ1n) is 5.99. The number of aliphatic imine (C=N–C) groups is 1. The van der Waals surface area contributed by atoms with Gasteiger partial charge in [0.1, 0.15) is 11.5 Å². The Kier molecular flexibility index (Phi) is 4.12. The van der Waals surface area contributed by atoms with E-state index in [1.165, 1.54) is 18.3 Å². The van der Waals surface area contributed by atoms with Crippen LogP contribution in [-0.2, 0) is 0 Å². The minimum Gasteiger partial charge on any atom is -0.508 e. The minimum absolute atomic E-state index is 0.00991. The average molecular weight is 270 g/mol. The Morgan fingerprint density at radius 2 is 1.85 bits per heavy atom. The van der Waals surface area contributed by atoms with Crippen LogP contribution >= 0.6 is 0 Å². The fourth-order valence-corrected chi connectivity index (χ4v) is 1.64. The molecule has 0 saturated carbocycles. The first-order chi connectivity index (χ1) is 9.60. The Balaban J connectivity index is 2.17. The first-order valence-corrected chi connectivity index (χ1v) is 5.99. The molecule has 0 saturated heterocycles. The second-order valence-electron chi connectivity index (χ2n) is 4.18. The third kappa shape index (κ3) is 3.21. The van der Waals surface area contributed by atoms with Crippen LogP contribution in [0.4, 0.5) is 5.69 Å². The number of hydrogen-bond donors (Lipinski definition) is 3. The van der Waals surface area contributed by atoms with E-state index in [2.05, 4.69) is 4.99 Å². The minimum atomic E-state index is -0.128. The van der Waals surface area contributed by atoms with Crippen molar-refractivity contribution in [2.24, 2.45) is 10.7 Å². The lowest BCUT2D eigenvalue weighted by molar-refractivity contribution is 0.100. The smallest absolute Gasteiger partial charge is 0.176 e. The molecule has 0 amide bonds. The maximum atomic E-state index is 11.4. The molecule has 5 nitrogen and oxygen atoms in total. The van der Waals surface area contributed by atoms with Crippen molar-refractivity contribution < 1.29 is 15.0 Å². The van der Waals surface area contributed by atoms with Crippen LogP contribution in [-0.4, -0.2) is 28.8 Å². The van der Waals surface area contributed by atoms with Crippen molar-refractivity contribution in [1.82, 2.24) is 0 Å². The first kappa shape index (κ1) is 13.8. The molecule has 0 spiro atoms. The molecule has 102 valence electrons. The quantitative estimate of drug-likeness (QED) is 0.584. The molecule has 0 aliphatic rings. The fraction of sp³-hybridized carbons (Fsp3) is 0.0667. The molecule has 5 heteroatoms. The highest BCUT2D eigenvalue weighted by atomic mass is 16.3. The number of benzene rings is 2. The molecule has 2 rings (SSSR count). The number of phenolic OH excluding ortho intramolecular Hbond substituents is 2. The van der Waals surface area contributed by atoms with Gasteiger partial charge in [-0.2, -0.15) is 0 Å². The molecule has 2 aromatic rings. The molecular weight excluding hydrogens is 256 g/mol. The predicted molar refractivity (Wildman–Crippen MR) is 76.9 cm³/mol. The van der Waals surface area contributed by atoms with Crippen molar-refractivity contribution in [3.05, 3.63) is 53.6 Å². The number of carbonyl (C=O) groups excluding carboxylic acids is 1. The number of hydrogen-bond acceptors (Lipinski definition) is 5. The lowest BCUT2D eigenvalue weighted by Crippen LogP contribution is -2.13. The standard InChI is InChI=1S/C15H14N2O3/c16-8-15(20)10-1-4-12(5-2-10)17-9-11-3-6-13(18)7-14(11)19/h1-7,9,18-19H,8,16H2. The number of Topliss-reactive ketones (excluding diaryl/α,β-unsaturated/α-hetero) is 1. The Morgan fingerprint density at radius 3 is 2.45 bits per heavy atom. The molecule has 0 aliphatic heterocycles. The molecule has 0 unspecified atom stereocenters. The van der Waals surface area contributed by atoms with E-state index in [1.54, 1.807) is 30.3 Å². The molecule has 0 aromatic heterocycles. The summed E-state index contributed by atoms with van der Waals surface area (Å²) in [4.78, 5) is 15.5. The van der Waals surface area contributed by atoms with Gasteiger partial charge in [-0.15, -0.1) is 0 Å².